The molecule has 1 heterocycles. The molecule has 11 nitrogen and oxygen atoms in total. The zero-order valence-electron chi connectivity index (χ0n) is 16.9. The van der Waals surface area contributed by atoms with Crippen molar-refractivity contribution in [3.8, 4) is 0 Å². The molecule has 0 aromatic carbocycles. The number of hydrogen-bond acceptors (Lipinski definition) is 9. The lowest BCUT2D eigenvalue weighted by atomic mass is 10.5. The Balaban J connectivity index is 2.77. The first-order valence-electron chi connectivity index (χ1n) is 8.91. The number of nitrogens with one attached hydrogen (secondary N) is 1. The molecule has 0 spiro atoms. The van der Waals surface area contributed by atoms with Gasteiger partial charge in [-0.05, 0) is 27.7 Å². The minimum atomic E-state index is -2.82. The first-order valence-corrected chi connectivity index (χ1v) is 11.0. The third-order valence-electron chi connectivity index (χ3n) is 3.09. The summed E-state index contributed by atoms with van der Waals surface area (Å²) in [4.78, 5) is 48.3. The average molecular weight is 467 g/mol. The molecule has 1 rings (SSSR count). The molecule has 0 saturated heterocycles. The molecule has 1 aromatic heterocycles. The van der Waals surface area contributed by atoms with Crippen molar-refractivity contribution in [3.63, 3.8) is 0 Å². The Kier molecular flexibility index (Phi) is 10.4. The standard InChI is InChI=1S/C17H24ClN2O9P/c1-10(2)26-15(23)28-17(29-16(24)27-11(3)4)30(25)8-6-5-7-20-9-12(18)13(21)19-14(20)22/h5-6,9-11,17,30H,7-8H2,1-4H3,(H,19,21,22). The second-order valence-corrected chi connectivity index (χ2v) is 8.65. The van der Waals surface area contributed by atoms with Gasteiger partial charge in [-0.15, -0.1) is 0 Å². The molecule has 1 unspecified atom stereocenters. The van der Waals surface area contributed by atoms with E-state index in [-0.39, 0.29) is 17.7 Å². The molecular formula is C17H24ClN2O9P. The number of carbonyl (C=O) groups is 2. The van der Waals surface area contributed by atoms with Crippen LogP contribution in [0, 0.1) is 0 Å². The molecule has 0 aliphatic carbocycles. The summed E-state index contributed by atoms with van der Waals surface area (Å²) in [6.45, 7) is 6.37. The normalized spacial score (nSPS) is 12.4. The Bertz CT molecular complexity index is 883. The first kappa shape index (κ1) is 25.5. The number of aromatic amines is 1. The van der Waals surface area contributed by atoms with E-state index in [1.165, 1.54) is 12.2 Å². The minimum absolute atomic E-state index is 0.0294. The molecule has 1 aromatic rings. The first-order chi connectivity index (χ1) is 14.0. The van der Waals surface area contributed by atoms with Crippen LogP contribution in [0.4, 0.5) is 9.59 Å². The summed E-state index contributed by atoms with van der Waals surface area (Å²) in [5.74, 6) is 0. The van der Waals surface area contributed by atoms with Crippen LogP contribution >= 0.6 is 19.4 Å². The molecule has 0 aliphatic heterocycles. The van der Waals surface area contributed by atoms with Crippen LogP contribution in [0.3, 0.4) is 0 Å². The van der Waals surface area contributed by atoms with Crippen LogP contribution in [0.15, 0.2) is 27.9 Å². The van der Waals surface area contributed by atoms with E-state index in [1.807, 2.05) is 4.98 Å². The van der Waals surface area contributed by atoms with Crippen LogP contribution in [-0.4, -0.2) is 46.3 Å². The SMILES string of the molecule is CC(C)OC(=O)OC(OC(=O)OC(C)C)[PH](=O)CC=CCn1cc(Cl)c(=O)[nH]c1=O. The van der Waals surface area contributed by atoms with Crippen LogP contribution < -0.4 is 11.2 Å². The van der Waals surface area contributed by atoms with Crippen molar-refractivity contribution in [2.45, 2.75) is 52.5 Å². The third-order valence-corrected chi connectivity index (χ3v) is 4.76. The molecule has 0 fully saturated rings. The predicted molar refractivity (Wildman–Crippen MR) is 109 cm³/mol. The van der Waals surface area contributed by atoms with Gasteiger partial charge in [0.1, 0.15) is 5.02 Å². The van der Waals surface area contributed by atoms with Crippen molar-refractivity contribution in [1.29, 1.82) is 0 Å². The van der Waals surface area contributed by atoms with E-state index in [4.69, 9.17) is 30.5 Å². The fourth-order valence-electron chi connectivity index (χ4n) is 1.87. The highest BCUT2D eigenvalue weighted by Crippen LogP contribution is 2.31. The molecule has 168 valence electrons. The predicted octanol–water partition coefficient (Wildman–Crippen LogP) is 2.71. The number of aromatic nitrogens is 2. The smallest absolute Gasteiger partial charge is 0.431 e. The fraction of sp³-hybridized carbons (Fsp3) is 0.529. The van der Waals surface area contributed by atoms with Gasteiger partial charge in [-0.2, -0.15) is 0 Å². The average Bonchev–Trinajstić information content (AvgIpc) is 2.60. The Morgan fingerprint density at radius 1 is 1.07 bits per heavy atom. The number of nitrogens with zero attached hydrogens (tertiary/aromatic N) is 1. The van der Waals surface area contributed by atoms with Gasteiger partial charge in [0.2, 0.25) is 0 Å². The summed E-state index contributed by atoms with van der Waals surface area (Å²) >= 11 is 5.67. The van der Waals surface area contributed by atoms with E-state index in [9.17, 15) is 23.7 Å². The number of halogens is 1. The molecular weight excluding hydrogens is 443 g/mol. The van der Waals surface area contributed by atoms with Crippen molar-refractivity contribution >= 4 is 31.7 Å². The minimum Gasteiger partial charge on any atom is -0.431 e. The number of carbonyl (C=O) groups excluding carboxylic acids is 2. The molecule has 1 N–H and O–H groups in total. The van der Waals surface area contributed by atoms with Gasteiger partial charge >= 0.3 is 24.0 Å². The van der Waals surface area contributed by atoms with Gasteiger partial charge in [0.05, 0.1) is 12.2 Å². The molecule has 0 saturated carbocycles. The largest absolute Gasteiger partial charge is 0.512 e. The van der Waals surface area contributed by atoms with Gasteiger partial charge in [-0.1, -0.05) is 23.8 Å². The van der Waals surface area contributed by atoms with Gasteiger partial charge in [-0.3, -0.25) is 14.3 Å². The molecule has 0 aliphatic rings. The lowest BCUT2D eigenvalue weighted by molar-refractivity contribution is -0.0715. The highest BCUT2D eigenvalue weighted by atomic mass is 35.5. The summed E-state index contributed by atoms with van der Waals surface area (Å²) in [6, 6.07) is -1.69. The van der Waals surface area contributed by atoms with E-state index in [1.54, 1.807) is 27.7 Å². The van der Waals surface area contributed by atoms with E-state index in [2.05, 4.69) is 0 Å². The van der Waals surface area contributed by atoms with Gasteiger partial charge in [0.25, 0.3) is 5.56 Å². The van der Waals surface area contributed by atoms with Crippen molar-refractivity contribution in [1.82, 2.24) is 9.55 Å². The fourth-order valence-corrected chi connectivity index (χ4v) is 3.08. The van der Waals surface area contributed by atoms with Gasteiger partial charge in [0.15, 0.2) is 7.80 Å². The van der Waals surface area contributed by atoms with E-state index >= 15 is 0 Å². The Morgan fingerprint density at radius 3 is 2.10 bits per heavy atom. The maximum absolute atomic E-state index is 12.5. The topological polar surface area (TPSA) is 143 Å². The zero-order valence-corrected chi connectivity index (χ0v) is 18.6. The van der Waals surface area contributed by atoms with Crippen molar-refractivity contribution in [2.24, 2.45) is 0 Å². The molecule has 0 radical (unpaired) electrons. The number of hydrogen-bond donors (Lipinski definition) is 1. The van der Waals surface area contributed by atoms with Crippen LogP contribution in [0.5, 0.6) is 0 Å². The Hall–Kier alpha value is -2.52. The van der Waals surface area contributed by atoms with Crippen LogP contribution in [0.1, 0.15) is 27.7 Å². The van der Waals surface area contributed by atoms with Crippen molar-refractivity contribution in [2.75, 3.05) is 6.16 Å². The molecule has 0 bridgehead atoms. The van der Waals surface area contributed by atoms with E-state index in [0.29, 0.717) is 0 Å². The summed E-state index contributed by atoms with van der Waals surface area (Å²) in [7, 11) is -2.82. The second-order valence-electron chi connectivity index (χ2n) is 6.43. The second kappa shape index (κ2) is 12.2. The Morgan fingerprint density at radius 2 is 1.60 bits per heavy atom. The lowest BCUT2D eigenvalue weighted by Crippen LogP contribution is -2.29. The van der Waals surface area contributed by atoms with Crippen LogP contribution in [0.2, 0.25) is 5.02 Å². The molecule has 30 heavy (non-hydrogen) atoms. The van der Waals surface area contributed by atoms with Crippen molar-refractivity contribution in [3.05, 3.63) is 44.2 Å². The van der Waals surface area contributed by atoms with Crippen LogP contribution in [0.25, 0.3) is 0 Å². The van der Waals surface area contributed by atoms with Gasteiger partial charge in [-0.25, -0.2) is 14.4 Å². The summed E-state index contributed by atoms with van der Waals surface area (Å²) < 4.78 is 32.9. The Labute approximate surface area is 177 Å². The van der Waals surface area contributed by atoms with Gasteiger partial charge < -0.3 is 23.5 Å². The lowest BCUT2D eigenvalue weighted by Gasteiger charge is -2.18. The van der Waals surface area contributed by atoms with Crippen molar-refractivity contribution < 1.29 is 33.1 Å². The highest BCUT2D eigenvalue weighted by molar-refractivity contribution is 7.45. The number of rotatable bonds is 9. The monoisotopic (exact) mass is 466 g/mol. The number of ether oxygens (including phenoxy) is 4. The molecule has 13 heteroatoms. The van der Waals surface area contributed by atoms with Gasteiger partial charge in [0, 0.05) is 18.9 Å². The maximum atomic E-state index is 12.5. The number of allylic oxidation sites excluding steroid dienone is 2. The maximum Gasteiger partial charge on any atom is 0.512 e. The molecule has 1 atom stereocenters. The number of H-pyrrole nitrogens is 1. The highest BCUT2D eigenvalue weighted by Gasteiger charge is 2.27. The summed E-state index contributed by atoms with van der Waals surface area (Å²) in [6.07, 6.45) is 0.673. The summed E-state index contributed by atoms with van der Waals surface area (Å²) in [5, 5.41) is -0.161. The zero-order chi connectivity index (χ0) is 22.8. The molecule has 0 amide bonds. The van der Waals surface area contributed by atoms with Crippen LogP contribution in [-0.2, 0) is 30.1 Å². The third kappa shape index (κ3) is 9.32. The summed E-state index contributed by atoms with van der Waals surface area (Å²) in [5.41, 5.74) is -1.37. The van der Waals surface area contributed by atoms with E-state index < -0.39 is 49.6 Å². The quantitative estimate of drug-likeness (QED) is 0.251. The van der Waals surface area contributed by atoms with E-state index in [0.717, 1.165) is 10.8 Å².